The van der Waals surface area contributed by atoms with Crippen LogP contribution in [0.25, 0.3) is 10.2 Å². The summed E-state index contributed by atoms with van der Waals surface area (Å²) >= 11 is 1.61. The van der Waals surface area contributed by atoms with Crippen LogP contribution < -0.4 is 0 Å². The lowest BCUT2D eigenvalue weighted by Gasteiger charge is -2.30. The Morgan fingerprint density at radius 1 is 1.17 bits per heavy atom. The van der Waals surface area contributed by atoms with Crippen LogP contribution in [0.15, 0.2) is 29.4 Å². The van der Waals surface area contributed by atoms with Crippen molar-refractivity contribution in [3.63, 3.8) is 0 Å². The van der Waals surface area contributed by atoms with Crippen molar-refractivity contribution in [3.05, 3.63) is 29.3 Å². The van der Waals surface area contributed by atoms with Crippen LogP contribution >= 0.6 is 11.3 Å². The first kappa shape index (κ1) is 19.6. The van der Waals surface area contributed by atoms with Gasteiger partial charge in [0.2, 0.25) is 5.91 Å². The lowest BCUT2D eigenvalue weighted by atomic mass is 10.1. The van der Waals surface area contributed by atoms with E-state index in [9.17, 15) is 18.0 Å². The van der Waals surface area contributed by atoms with E-state index in [-0.39, 0.29) is 42.2 Å². The fourth-order valence-corrected chi connectivity index (χ4v) is 7.25. The molecule has 1 aromatic carbocycles. The number of rotatable bonds is 3. The van der Waals surface area contributed by atoms with Gasteiger partial charge >= 0.3 is 0 Å². The smallest absolute Gasteiger partial charge is 0.270 e. The molecule has 4 heterocycles. The minimum Gasteiger partial charge on any atom is -0.328 e. The molecule has 0 aliphatic carbocycles. The number of hydrogen-bond donors (Lipinski definition) is 0. The molecule has 0 bridgehead atoms. The second-order valence-electron chi connectivity index (χ2n) is 8.02. The van der Waals surface area contributed by atoms with Crippen molar-refractivity contribution < 1.29 is 18.0 Å². The zero-order valence-corrected chi connectivity index (χ0v) is 18.0. The van der Waals surface area contributed by atoms with Gasteiger partial charge < -0.3 is 4.90 Å². The van der Waals surface area contributed by atoms with Crippen molar-refractivity contribution in [2.24, 2.45) is 5.10 Å². The average molecular weight is 447 g/mol. The Balaban J connectivity index is 1.40. The summed E-state index contributed by atoms with van der Waals surface area (Å²) in [6.07, 6.45) is 2.58. The number of thiazole rings is 1. The number of hydrogen-bond acceptors (Lipinski definition) is 7. The van der Waals surface area contributed by atoms with Crippen molar-refractivity contribution in [2.75, 3.05) is 18.1 Å². The summed E-state index contributed by atoms with van der Waals surface area (Å²) < 4.78 is 24.7. The van der Waals surface area contributed by atoms with Gasteiger partial charge in [0.05, 0.1) is 33.8 Å². The third kappa shape index (κ3) is 3.51. The van der Waals surface area contributed by atoms with Crippen LogP contribution in [0.3, 0.4) is 0 Å². The van der Waals surface area contributed by atoms with Gasteiger partial charge in [-0.15, -0.1) is 11.3 Å². The van der Waals surface area contributed by atoms with Crippen molar-refractivity contribution in [3.8, 4) is 0 Å². The van der Waals surface area contributed by atoms with Crippen LogP contribution in [0.4, 0.5) is 0 Å². The Bertz CT molecular complexity index is 1120. The second-order valence-corrected chi connectivity index (χ2v) is 11.3. The maximum Gasteiger partial charge on any atom is 0.270 e. The summed E-state index contributed by atoms with van der Waals surface area (Å²) in [6.45, 7) is 0.629. The molecular formula is C20H22N4O4S2. The SMILES string of the molecule is O=C(C1=NN([C@@H]2CCS(=O)(=O)C2)C(=O)CC1)N1CCC[C@H]1c1nc2ccccc2s1. The van der Waals surface area contributed by atoms with E-state index in [2.05, 4.69) is 5.10 Å². The molecule has 0 radical (unpaired) electrons. The minimum absolute atomic E-state index is 0.0616. The molecule has 3 aliphatic heterocycles. The Labute approximate surface area is 178 Å². The molecule has 2 fully saturated rings. The molecule has 1 aromatic heterocycles. The van der Waals surface area contributed by atoms with Gasteiger partial charge in [-0.05, 0) is 31.4 Å². The first-order valence-corrected chi connectivity index (χ1v) is 12.8. The first-order chi connectivity index (χ1) is 14.4. The predicted octanol–water partition coefficient (Wildman–Crippen LogP) is 2.13. The summed E-state index contributed by atoms with van der Waals surface area (Å²) in [5.74, 6) is -0.402. The van der Waals surface area contributed by atoms with E-state index < -0.39 is 15.9 Å². The number of nitrogens with zero attached hydrogens (tertiary/aromatic N) is 4. The normalized spacial score (nSPS) is 26.4. The number of benzene rings is 1. The molecule has 2 aromatic rings. The zero-order valence-electron chi connectivity index (χ0n) is 16.4. The predicted molar refractivity (Wildman–Crippen MR) is 114 cm³/mol. The van der Waals surface area contributed by atoms with Crippen molar-refractivity contribution in [1.29, 1.82) is 0 Å². The molecule has 10 heteroatoms. The monoisotopic (exact) mass is 446 g/mol. The molecule has 0 saturated carbocycles. The second kappa shape index (κ2) is 7.42. The van der Waals surface area contributed by atoms with Crippen LogP contribution in [-0.4, -0.2) is 64.9 Å². The lowest BCUT2D eigenvalue weighted by Crippen LogP contribution is -2.44. The molecule has 0 N–H and O–H groups in total. The van der Waals surface area contributed by atoms with E-state index in [1.165, 1.54) is 5.01 Å². The van der Waals surface area contributed by atoms with Gasteiger partial charge in [-0.25, -0.2) is 18.4 Å². The van der Waals surface area contributed by atoms with Crippen molar-refractivity contribution >= 4 is 48.9 Å². The fourth-order valence-electron chi connectivity index (χ4n) is 4.44. The summed E-state index contributed by atoms with van der Waals surface area (Å²) in [7, 11) is -3.14. The number of aromatic nitrogens is 1. The molecule has 0 unspecified atom stereocenters. The maximum absolute atomic E-state index is 13.3. The first-order valence-electron chi connectivity index (χ1n) is 10.2. The van der Waals surface area contributed by atoms with E-state index >= 15 is 0 Å². The molecule has 30 heavy (non-hydrogen) atoms. The van der Waals surface area contributed by atoms with Gasteiger partial charge in [0, 0.05) is 19.4 Å². The van der Waals surface area contributed by atoms with Crippen LogP contribution in [-0.2, 0) is 19.4 Å². The Morgan fingerprint density at radius 2 is 2.00 bits per heavy atom. The molecule has 5 rings (SSSR count). The Kier molecular flexibility index (Phi) is 4.85. The van der Waals surface area contributed by atoms with Gasteiger partial charge in [-0.3, -0.25) is 9.59 Å². The molecular weight excluding hydrogens is 424 g/mol. The van der Waals surface area contributed by atoms with E-state index in [0.29, 0.717) is 18.7 Å². The molecule has 158 valence electrons. The van der Waals surface area contributed by atoms with Gasteiger partial charge in [0.1, 0.15) is 10.7 Å². The van der Waals surface area contributed by atoms with Crippen LogP contribution in [0.5, 0.6) is 0 Å². The summed E-state index contributed by atoms with van der Waals surface area (Å²) in [4.78, 5) is 32.2. The fraction of sp³-hybridized carbons (Fsp3) is 0.500. The number of carbonyl (C=O) groups excluding carboxylic acids is 2. The highest BCUT2D eigenvalue weighted by atomic mass is 32.2. The number of likely N-dealkylation sites (tertiary alicyclic amines) is 1. The van der Waals surface area contributed by atoms with Gasteiger partial charge in [-0.1, -0.05) is 12.1 Å². The zero-order chi connectivity index (χ0) is 20.9. The Hall–Kier alpha value is -2.33. The van der Waals surface area contributed by atoms with Crippen LogP contribution in [0, 0.1) is 0 Å². The van der Waals surface area contributed by atoms with E-state index in [0.717, 1.165) is 28.1 Å². The Morgan fingerprint density at radius 3 is 2.77 bits per heavy atom. The third-order valence-electron chi connectivity index (χ3n) is 5.97. The number of amides is 2. The molecule has 2 saturated heterocycles. The van der Waals surface area contributed by atoms with Gasteiger partial charge in [-0.2, -0.15) is 5.10 Å². The third-order valence-corrected chi connectivity index (χ3v) is 8.86. The van der Waals surface area contributed by atoms with Crippen LogP contribution in [0.1, 0.15) is 43.2 Å². The molecule has 2 atom stereocenters. The quantitative estimate of drug-likeness (QED) is 0.719. The van der Waals surface area contributed by atoms with Crippen LogP contribution in [0.2, 0.25) is 0 Å². The molecule has 0 spiro atoms. The summed E-state index contributed by atoms with van der Waals surface area (Å²) in [5, 5.41) is 6.53. The topological polar surface area (TPSA) is 100 Å². The van der Waals surface area contributed by atoms with Gasteiger partial charge in [0.25, 0.3) is 5.91 Å². The van der Waals surface area contributed by atoms with E-state index in [1.54, 1.807) is 11.3 Å². The standard InChI is InChI=1S/C20H22N4O4S2/c25-18-8-7-15(22-24(18)13-9-11-30(27,28)12-13)20(26)23-10-3-5-16(23)19-21-14-4-1-2-6-17(14)29-19/h1-2,4,6,13,16H,3,5,7-12H2/t13-,16+/m1/s1. The maximum atomic E-state index is 13.3. The largest absolute Gasteiger partial charge is 0.328 e. The molecule has 3 aliphatic rings. The number of sulfone groups is 1. The number of carbonyl (C=O) groups is 2. The number of hydrazone groups is 1. The van der Waals surface area contributed by atoms with Gasteiger partial charge in [0.15, 0.2) is 9.84 Å². The highest BCUT2D eigenvalue weighted by Gasteiger charge is 2.40. The van der Waals surface area contributed by atoms with E-state index in [1.807, 2.05) is 29.2 Å². The van der Waals surface area contributed by atoms with E-state index in [4.69, 9.17) is 4.98 Å². The van der Waals surface area contributed by atoms with Crippen molar-refractivity contribution in [1.82, 2.24) is 14.9 Å². The molecule has 2 amide bonds. The van der Waals surface area contributed by atoms with Crippen molar-refractivity contribution in [2.45, 2.75) is 44.2 Å². The minimum atomic E-state index is -3.14. The number of para-hydroxylation sites is 1. The molecule has 8 nitrogen and oxygen atoms in total. The average Bonchev–Trinajstić information content (AvgIpc) is 3.44. The lowest BCUT2D eigenvalue weighted by molar-refractivity contribution is -0.134. The number of fused-ring (bicyclic) bond motifs is 1. The summed E-state index contributed by atoms with van der Waals surface area (Å²) in [6, 6.07) is 7.38. The highest BCUT2D eigenvalue weighted by molar-refractivity contribution is 7.91. The highest BCUT2D eigenvalue weighted by Crippen LogP contribution is 2.37. The summed E-state index contributed by atoms with van der Waals surface area (Å²) in [5.41, 5.74) is 1.28.